The molecule has 2 heterocycles. The standard InChI is InChI=1S/C14H13F3N2S/c1-8(9-4-5-9)11-12(14(15,16)17)19-13(20-11)10-3-2-6-18-7-10/h2-3,6-9H,4-5H2,1H3. The molecule has 1 fully saturated rings. The van der Waals surface area contributed by atoms with Crippen molar-refractivity contribution in [2.75, 3.05) is 0 Å². The summed E-state index contributed by atoms with van der Waals surface area (Å²) in [6.07, 6.45) is 0.771. The van der Waals surface area contributed by atoms with E-state index in [9.17, 15) is 13.2 Å². The fourth-order valence-corrected chi connectivity index (χ4v) is 3.49. The number of hydrogen-bond acceptors (Lipinski definition) is 3. The highest BCUT2D eigenvalue weighted by molar-refractivity contribution is 7.15. The van der Waals surface area contributed by atoms with Gasteiger partial charge in [-0.15, -0.1) is 11.3 Å². The van der Waals surface area contributed by atoms with Crippen molar-refractivity contribution in [3.8, 4) is 10.6 Å². The molecule has 1 atom stereocenters. The van der Waals surface area contributed by atoms with Crippen LogP contribution < -0.4 is 0 Å². The number of pyridine rings is 1. The second kappa shape index (κ2) is 4.84. The van der Waals surface area contributed by atoms with E-state index in [1.54, 1.807) is 24.5 Å². The molecule has 1 aliphatic carbocycles. The number of thiazole rings is 1. The molecule has 1 saturated carbocycles. The van der Waals surface area contributed by atoms with E-state index in [1.807, 2.05) is 6.92 Å². The number of hydrogen-bond donors (Lipinski definition) is 0. The Balaban J connectivity index is 2.06. The molecule has 2 nitrogen and oxygen atoms in total. The molecule has 1 aliphatic rings. The molecule has 2 aromatic rings. The molecule has 1 unspecified atom stereocenters. The highest BCUT2D eigenvalue weighted by atomic mass is 32.1. The first-order valence-electron chi connectivity index (χ1n) is 6.45. The van der Waals surface area contributed by atoms with E-state index < -0.39 is 11.9 Å². The Bertz CT molecular complexity index is 603. The summed E-state index contributed by atoms with van der Waals surface area (Å²) in [5.74, 6) is 0.299. The van der Waals surface area contributed by atoms with Crippen LogP contribution in [0.3, 0.4) is 0 Å². The molecule has 6 heteroatoms. The zero-order valence-electron chi connectivity index (χ0n) is 10.8. The van der Waals surface area contributed by atoms with E-state index in [4.69, 9.17) is 0 Å². The largest absolute Gasteiger partial charge is 0.434 e. The van der Waals surface area contributed by atoms with Crippen molar-refractivity contribution in [3.63, 3.8) is 0 Å². The number of rotatable bonds is 3. The van der Waals surface area contributed by atoms with Gasteiger partial charge in [0.2, 0.25) is 0 Å². The lowest BCUT2D eigenvalue weighted by Gasteiger charge is -2.11. The molecular weight excluding hydrogens is 285 g/mol. The summed E-state index contributed by atoms with van der Waals surface area (Å²) < 4.78 is 39.5. The van der Waals surface area contributed by atoms with Gasteiger partial charge in [-0.25, -0.2) is 4.98 Å². The molecule has 3 rings (SSSR count). The van der Waals surface area contributed by atoms with Crippen molar-refractivity contribution in [3.05, 3.63) is 35.1 Å². The summed E-state index contributed by atoms with van der Waals surface area (Å²) in [5, 5.41) is 0.396. The van der Waals surface area contributed by atoms with E-state index in [-0.39, 0.29) is 5.92 Å². The lowest BCUT2D eigenvalue weighted by Crippen LogP contribution is -2.10. The van der Waals surface area contributed by atoms with Crippen LogP contribution in [0.1, 0.15) is 36.3 Å². The summed E-state index contributed by atoms with van der Waals surface area (Å²) in [6.45, 7) is 1.87. The molecule has 0 spiro atoms. The Morgan fingerprint density at radius 1 is 1.35 bits per heavy atom. The van der Waals surface area contributed by atoms with Gasteiger partial charge in [0.1, 0.15) is 5.01 Å². The molecule has 20 heavy (non-hydrogen) atoms. The van der Waals surface area contributed by atoms with Crippen molar-refractivity contribution in [1.29, 1.82) is 0 Å². The van der Waals surface area contributed by atoms with Crippen molar-refractivity contribution in [2.24, 2.45) is 5.92 Å². The predicted octanol–water partition coefficient (Wildman–Crippen LogP) is 4.74. The summed E-state index contributed by atoms with van der Waals surface area (Å²) >= 11 is 1.14. The summed E-state index contributed by atoms with van der Waals surface area (Å²) in [7, 11) is 0. The number of nitrogens with zero attached hydrogens (tertiary/aromatic N) is 2. The van der Waals surface area contributed by atoms with E-state index in [0.717, 1.165) is 24.2 Å². The smallest absolute Gasteiger partial charge is 0.264 e. The van der Waals surface area contributed by atoms with Crippen molar-refractivity contribution >= 4 is 11.3 Å². The van der Waals surface area contributed by atoms with Crippen LogP contribution in [0.2, 0.25) is 0 Å². The Labute approximate surface area is 118 Å². The minimum atomic E-state index is -4.39. The van der Waals surface area contributed by atoms with E-state index in [1.165, 1.54) is 0 Å². The van der Waals surface area contributed by atoms with Gasteiger partial charge >= 0.3 is 6.18 Å². The number of halogens is 3. The second-order valence-electron chi connectivity index (χ2n) is 5.10. The Kier molecular flexibility index (Phi) is 3.28. The van der Waals surface area contributed by atoms with Gasteiger partial charge in [-0.1, -0.05) is 6.92 Å². The lowest BCUT2D eigenvalue weighted by atomic mass is 10.0. The molecule has 0 N–H and O–H groups in total. The van der Waals surface area contributed by atoms with Crippen LogP contribution in [0.25, 0.3) is 10.6 Å². The first kappa shape index (κ1) is 13.5. The number of aromatic nitrogens is 2. The Morgan fingerprint density at radius 3 is 2.65 bits per heavy atom. The molecule has 2 aromatic heterocycles. The Hall–Kier alpha value is -1.43. The monoisotopic (exact) mass is 298 g/mol. The maximum atomic E-state index is 13.2. The SMILES string of the molecule is CC(c1sc(-c2cccnc2)nc1C(F)(F)F)C1CC1. The molecule has 0 aliphatic heterocycles. The maximum Gasteiger partial charge on any atom is 0.434 e. The molecule has 0 radical (unpaired) electrons. The average molecular weight is 298 g/mol. The number of alkyl halides is 3. The van der Waals surface area contributed by atoms with Crippen LogP contribution in [0.4, 0.5) is 13.2 Å². The molecule has 0 amide bonds. The topological polar surface area (TPSA) is 25.8 Å². The normalized spacial score (nSPS) is 17.2. The molecule has 0 aromatic carbocycles. The highest BCUT2D eigenvalue weighted by Crippen LogP contribution is 2.48. The molecule has 106 valence electrons. The fraction of sp³-hybridized carbons (Fsp3) is 0.429. The van der Waals surface area contributed by atoms with E-state index in [2.05, 4.69) is 9.97 Å². The van der Waals surface area contributed by atoms with Gasteiger partial charge in [-0.05, 0) is 36.8 Å². The minimum Gasteiger partial charge on any atom is -0.264 e. The summed E-state index contributed by atoms with van der Waals surface area (Å²) in [6, 6.07) is 3.44. The summed E-state index contributed by atoms with van der Waals surface area (Å²) in [4.78, 5) is 8.14. The van der Waals surface area contributed by atoms with Crippen molar-refractivity contribution in [2.45, 2.75) is 31.9 Å². The van der Waals surface area contributed by atoms with Crippen LogP contribution in [0.5, 0.6) is 0 Å². The van der Waals surface area contributed by atoms with E-state index >= 15 is 0 Å². The lowest BCUT2D eigenvalue weighted by molar-refractivity contribution is -0.141. The van der Waals surface area contributed by atoms with Crippen LogP contribution in [-0.2, 0) is 6.18 Å². The second-order valence-corrected chi connectivity index (χ2v) is 6.13. The molecule has 0 saturated heterocycles. The van der Waals surface area contributed by atoms with E-state index in [0.29, 0.717) is 21.4 Å². The van der Waals surface area contributed by atoms with Gasteiger partial charge in [0.25, 0.3) is 0 Å². The van der Waals surface area contributed by atoms with Crippen LogP contribution in [0, 0.1) is 5.92 Å². The third-order valence-corrected chi connectivity index (χ3v) is 4.88. The van der Waals surface area contributed by atoms with Gasteiger partial charge < -0.3 is 0 Å². The molecule has 0 bridgehead atoms. The first-order valence-corrected chi connectivity index (χ1v) is 7.27. The zero-order valence-corrected chi connectivity index (χ0v) is 11.6. The minimum absolute atomic E-state index is 0.0745. The van der Waals surface area contributed by atoms with Gasteiger partial charge in [0, 0.05) is 22.8 Å². The van der Waals surface area contributed by atoms with Gasteiger partial charge in [0.15, 0.2) is 5.69 Å². The Morgan fingerprint density at radius 2 is 2.10 bits per heavy atom. The predicted molar refractivity (Wildman–Crippen MR) is 71.5 cm³/mol. The quantitative estimate of drug-likeness (QED) is 0.818. The van der Waals surface area contributed by atoms with Crippen LogP contribution in [-0.4, -0.2) is 9.97 Å². The average Bonchev–Trinajstić information content (AvgIpc) is 3.15. The van der Waals surface area contributed by atoms with Crippen LogP contribution >= 0.6 is 11.3 Å². The van der Waals surface area contributed by atoms with Crippen molar-refractivity contribution in [1.82, 2.24) is 9.97 Å². The fourth-order valence-electron chi connectivity index (χ4n) is 2.27. The van der Waals surface area contributed by atoms with Crippen molar-refractivity contribution < 1.29 is 13.2 Å². The van der Waals surface area contributed by atoms with Gasteiger partial charge in [-0.3, -0.25) is 4.98 Å². The first-order chi connectivity index (χ1) is 9.47. The third kappa shape index (κ3) is 2.57. The van der Waals surface area contributed by atoms with Crippen LogP contribution in [0.15, 0.2) is 24.5 Å². The highest BCUT2D eigenvalue weighted by Gasteiger charge is 2.41. The zero-order chi connectivity index (χ0) is 14.3. The van der Waals surface area contributed by atoms with Gasteiger partial charge in [0.05, 0.1) is 0 Å². The molecular formula is C14H13F3N2S. The third-order valence-electron chi connectivity index (χ3n) is 3.57. The van der Waals surface area contributed by atoms with Gasteiger partial charge in [-0.2, -0.15) is 13.2 Å². The maximum absolute atomic E-state index is 13.2. The summed E-state index contributed by atoms with van der Waals surface area (Å²) in [5.41, 5.74) is -0.0852.